The number of anilines is 1. The number of hydrogen-bond donors (Lipinski definition) is 2. The summed E-state index contributed by atoms with van der Waals surface area (Å²) >= 11 is 0. The first-order chi connectivity index (χ1) is 14.0. The fourth-order valence-electron chi connectivity index (χ4n) is 3.22. The summed E-state index contributed by atoms with van der Waals surface area (Å²) in [6.45, 7) is 4.03. The van der Waals surface area contributed by atoms with E-state index in [0.29, 0.717) is 44.0 Å². The van der Waals surface area contributed by atoms with Gasteiger partial charge in [0, 0.05) is 30.8 Å². The Kier molecular flexibility index (Phi) is 6.61. The smallest absolute Gasteiger partial charge is 0.335 e. The van der Waals surface area contributed by atoms with Crippen molar-refractivity contribution in [1.29, 1.82) is 0 Å². The number of hydrogen-bond acceptors (Lipinski definition) is 4. The summed E-state index contributed by atoms with van der Waals surface area (Å²) in [4.78, 5) is 37.8. The molecule has 1 heterocycles. The molecule has 0 aromatic heterocycles. The van der Waals surface area contributed by atoms with Gasteiger partial charge in [0.25, 0.3) is 5.91 Å². The molecule has 0 atom stereocenters. The van der Waals surface area contributed by atoms with Gasteiger partial charge in [0.2, 0.25) is 5.91 Å². The number of amides is 2. The Morgan fingerprint density at radius 1 is 1.07 bits per heavy atom. The minimum atomic E-state index is -0.976. The van der Waals surface area contributed by atoms with E-state index in [-0.39, 0.29) is 23.8 Å². The topological polar surface area (TPSA) is 95.9 Å². The van der Waals surface area contributed by atoms with E-state index in [1.54, 1.807) is 35.2 Å². The standard InChI is InChI=1S/C22H24N2O5/c1-15-18(21(26)24-11-13-29-14-12-24)3-2-4-19(15)23-20(25)10-7-16-5-8-17(9-6-16)22(27)28/h2-6,8-9H,7,10-14H2,1H3,(H,23,25)(H,27,28). The third-order valence-electron chi connectivity index (χ3n) is 4.98. The quantitative estimate of drug-likeness (QED) is 0.783. The molecular formula is C22H24N2O5. The molecule has 0 radical (unpaired) electrons. The number of morpholine rings is 1. The van der Waals surface area contributed by atoms with Crippen LogP contribution in [0.1, 0.15) is 38.3 Å². The fraction of sp³-hybridized carbons (Fsp3) is 0.318. The highest BCUT2D eigenvalue weighted by atomic mass is 16.5. The number of carboxylic acid groups (broad SMARTS) is 1. The molecule has 2 aromatic rings. The molecule has 0 bridgehead atoms. The van der Waals surface area contributed by atoms with E-state index in [2.05, 4.69) is 5.32 Å². The van der Waals surface area contributed by atoms with Crippen LogP contribution in [-0.2, 0) is 16.0 Å². The zero-order valence-electron chi connectivity index (χ0n) is 16.3. The fourth-order valence-corrected chi connectivity index (χ4v) is 3.22. The maximum absolute atomic E-state index is 12.8. The first kappa shape index (κ1) is 20.5. The van der Waals surface area contributed by atoms with Gasteiger partial charge in [-0.15, -0.1) is 0 Å². The molecule has 1 saturated heterocycles. The number of aryl methyl sites for hydroxylation is 1. The maximum atomic E-state index is 12.8. The second-order valence-electron chi connectivity index (χ2n) is 6.93. The van der Waals surface area contributed by atoms with Crippen LogP contribution in [0.5, 0.6) is 0 Å². The van der Waals surface area contributed by atoms with E-state index < -0.39 is 5.97 Å². The summed E-state index contributed by atoms with van der Waals surface area (Å²) in [7, 11) is 0. The highest BCUT2D eigenvalue weighted by Gasteiger charge is 2.21. The average molecular weight is 396 g/mol. The van der Waals surface area contributed by atoms with Crippen molar-refractivity contribution in [1.82, 2.24) is 4.90 Å². The van der Waals surface area contributed by atoms with Crippen LogP contribution in [0, 0.1) is 6.92 Å². The van der Waals surface area contributed by atoms with Crippen LogP contribution in [0.25, 0.3) is 0 Å². The van der Waals surface area contributed by atoms with Crippen molar-refractivity contribution in [2.45, 2.75) is 19.8 Å². The predicted molar refractivity (Wildman–Crippen MR) is 108 cm³/mol. The van der Waals surface area contributed by atoms with Gasteiger partial charge in [0.1, 0.15) is 0 Å². The van der Waals surface area contributed by atoms with Gasteiger partial charge in [0.15, 0.2) is 0 Å². The van der Waals surface area contributed by atoms with Gasteiger partial charge in [-0.1, -0.05) is 18.2 Å². The normalized spacial score (nSPS) is 13.8. The Labute approximate surface area is 169 Å². The number of rotatable bonds is 6. The third kappa shape index (κ3) is 5.20. The molecule has 2 aromatic carbocycles. The molecule has 1 aliphatic heterocycles. The van der Waals surface area contributed by atoms with E-state index in [1.807, 2.05) is 6.92 Å². The van der Waals surface area contributed by atoms with Crippen LogP contribution >= 0.6 is 0 Å². The number of aromatic carboxylic acids is 1. The maximum Gasteiger partial charge on any atom is 0.335 e. The van der Waals surface area contributed by atoms with Gasteiger partial charge in [-0.3, -0.25) is 9.59 Å². The summed E-state index contributed by atoms with van der Waals surface area (Å²) in [5.74, 6) is -1.19. The number of nitrogens with one attached hydrogen (secondary N) is 1. The molecule has 2 N–H and O–H groups in total. The van der Waals surface area contributed by atoms with Gasteiger partial charge < -0.3 is 20.1 Å². The minimum Gasteiger partial charge on any atom is -0.478 e. The molecule has 1 aliphatic rings. The van der Waals surface area contributed by atoms with Crippen molar-refractivity contribution in [3.8, 4) is 0 Å². The first-order valence-corrected chi connectivity index (χ1v) is 9.54. The highest BCUT2D eigenvalue weighted by molar-refractivity contribution is 5.99. The molecule has 0 aliphatic carbocycles. The number of nitrogens with zero attached hydrogens (tertiary/aromatic N) is 1. The molecule has 29 heavy (non-hydrogen) atoms. The van der Waals surface area contributed by atoms with Crippen LogP contribution in [-0.4, -0.2) is 54.1 Å². The predicted octanol–water partition coefficient (Wildman–Crippen LogP) is 2.74. The zero-order valence-corrected chi connectivity index (χ0v) is 16.3. The molecule has 0 spiro atoms. The van der Waals surface area contributed by atoms with E-state index in [4.69, 9.17) is 9.84 Å². The largest absolute Gasteiger partial charge is 0.478 e. The molecule has 152 valence electrons. The van der Waals surface area contributed by atoms with Crippen molar-refractivity contribution in [2.24, 2.45) is 0 Å². The number of ether oxygens (including phenoxy) is 1. The van der Waals surface area contributed by atoms with Gasteiger partial charge >= 0.3 is 5.97 Å². The monoisotopic (exact) mass is 396 g/mol. The lowest BCUT2D eigenvalue weighted by Crippen LogP contribution is -2.41. The van der Waals surface area contributed by atoms with Crippen LogP contribution in [0.15, 0.2) is 42.5 Å². The molecule has 2 amide bonds. The lowest BCUT2D eigenvalue weighted by atomic mass is 10.0. The number of carbonyl (C=O) groups excluding carboxylic acids is 2. The second-order valence-corrected chi connectivity index (χ2v) is 6.93. The second kappa shape index (κ2) is 9.34. The van der Waals surface area contributed by atoms with Gasteiger partial charge in [-0.05, 0) is 48.7 Å². The minimum absolute atomic E-state index is 0.0552. The Bertz CT molecular complexity index is 902. The van der Waals surface area contributed by atoms with Crippen molar-refractivity contribution in [2.75, 3.05) is 31.6 Å². The molecule has 7 heteroatoms. The van der Waals surface area contributed by atoms with Gasteiger partial charge in [0.05, 0.1) is 18.8 Å². The van der Waals surface area contributed by atoms with Gasteiger partial charge in [-0.25, -0.2) is 4.79 Å². The van der Waals surface area contributed by atoms with Crippen molar-refractivity contribution < 1.29 is 24.2 Å². The van der Waals surface area contributed by atoms with Crippen molar-refractivity contribution in [3.63, 3.8) is 0 Å². The molecule has 1 fully saturated rings. The number of carbonyl (C=O) groups is 3. The average Bonchev–Trinajstić information content (AvgIpc) is 2.74. The van der Waals surface area contributed by atoms with Crippen LogP contribution in [0.4, 0.5) is 5.69 Å². The van der Waals surface area contributed by atoms with E-state index in [1.165, 1.54) is 12.1 Å². The zero-order chi connectivity index (χ0) is 20.8. The first-order valence-electron chi connectivity index (χ1n) is 9.54. The Morgan fingerprint density at radius 3 is 2.41 bits per heavy atom. The Morgan fingerprint density at radius 2 is 1.76 bits per heavy atom. The number of benzene rings is 2. The molecule has 7 nitrogen and oxygen atoms in total. The molecular weight excluding hydrogens is 372 g/mol. The van der Waals surface area contributed by atoms with Gasteiger partial charge in [-0.2, -0.15) is 0 Å². The van der Waals surface area contributed by atoms with Crippen molar-refractivity contribution >= 4 is 23.5 Å². The highest BCUT2D eigenvalue weighted by Crippen LogP contribution is 2.21. The third-order valence-corrected chi connectivity index (χ3v) is 4.98. The van der Waals surface area contributed by atoms with E-state index in [9.17, 15) is 14.4 Å². The van der Waals surface area contributed by atoms with Crippen LogP contribution in [0.3, 0.4) is 0 Å². The summed E-state index contributed by atoms with van der Waals surface area (Å²) in [5.41, 5.74) is 3.04. The Balaban J connectivity index is 1.61. The van der Waals surface area contributed by atoms with E-state index >= 15 is 0 Å². The molecule has 0 saturated carbocycles. The lowest BCUT2D eigenvalue weighted by molar-refractivity contribution is -0.116. The number of carboxylic acids is 1. The summed E-state index contributed by atoms with van der Waals surface area (Å²) in [6.07, 6.45) is 0.755. The molecule has 3 rings (SSSR count). The van der Waals surface area contributed by atoms with Crippen LogP contribution < -0.4 is 5.32 Å². The summed E-state index contributed by atoms with van der Waals surface area (Å²) < 4.78 is 5.29. The van der Waals surface area contributed by atoms with Crippen molar-refractivity contribution in [3.05, 3.63) is 64.7 Å². The lowest BCUT2D eigenvalue weighted by Gasteiger charge is -2.27. The SMILES string of the molecule is Cc1c(NC(=O)CCc2ccc(C(=O)O)cc2)cccc1C(=O)N1CCOCC1. The van der Waals surface area contributed by atoms with E-state index in [0.717, 1.165) is 11.1 Å². The molecule has 0 unspecified atom stereocenters. The summed E-state index contributed by atoms with van der Waals surface area (Å²) in [6, 6.07) is 11.8. The summed E-state index contributed by atoms with van der Waals surface area (Å²) in [5, 5.41) is 11.8. The Hall–Kier alpha value is -3.19. The van der Waals surface area contributed by atoms with Crippen LogP contribution in [0.2, 0.25) is 0 Å².